The number of fused-ring (bicyclic) bond motifs is 1. The van der Waals surface area contributed by atoms with Crippen LogP contribution in [0.3, 0.4) is 0 Å². The van der Waals surface area contributed by atoms with Crippen molar-refractivity contribution in [3.05, 3.63) is 71.9 Å². The lowest BCUT2D eigenvalue weighted by molar-refractivity contribution is 0.0690. The molecule has 5 nitrogen and oxygen atoms in total. The van der Waals surface area contributed by atoms with Crippen molar-refractivity contribution in [2.45, 2.75) is 45.6 Å². The normalized spacial score (nSPS) is 14.9. The first-order valence-electron chi connectivity index (χ1n) is 11.7. The first kappa shape index (κ1) is 22.3. The second-order valence-corrected chi connectivity index (χ2v) is 9.14. The van der Waals surface area contributed by atoms with Gasteiger partial charge in [0.2, 0.25) is 5.91 Å². The molecule has 32 heavy (non-hydrogen) atoms. The predicted octanol–water partition coefficient (Wildman–Crippen LogP) is 4.76. The lowest BCUT2D eigenvalue weighted by Gasteiger charge is -2.32. The molecule has 0 bridgehead atoms. The molecule has 2 heterocycles. The number of carbonyl (C=O) groups excluding carboxylic acids is 2. The Bertz CT molecular complexity index is 1060. The van der Waals surface area contributed by atoms with E-state index in [0.29, 0.717) is 30.5 Å². The summed E-state index contributed by atoms with van der Waals surface area (Å²) in [6, 6.07) is 18.6. The Hall–Kier alpha value is -2.92. The predicted molar refractivity (Wildman–Crippen MR) is 129 cm³/mol. The highest BCUT2D eigenvalue weighted by Crippen LogP contribution is 2.24. The van der Waals surface area contributed by atoms with Crippen molar-refractivity contribution in [3.8, 4) is 0 Å². The maximum absolute atomic E-state index is 13.1. The molecule has 1 aromatic heterocycles. The third-order valence-corrected chi connectivity index (χ3v) is 6.37. The lowest BCUT2D eigenvalue weighted by atomic mass is 9.90. The molecule has 1 N–H and O–H groups in total. The number of nitrogens with one attached hydrogen (secondary N) is 1. The Morgan fingerprint density at radius 1 is 1.03 bits per heavy atom. The first-order chi connectivity index (χ1) is 15.5. The summed E-state index contributed by atoms with van der Waals surface area (Å²) in [5, 5.41) is 4.21. The first-order valence-corrected chi connectivity index (χ1v) is 11.7. The molecule has 1 aliphatic rings. The molecular weight excluding hydrogens is 398 g/mol. The van der Waals surface area contributed by atoms with E-state index in [1.165, 1.54) is 5.56 Å². The van der Waals surface area contributed by atoms with Gasteiger partial charge in [-0.05, 0) is 55.0 Å². The summed E-state index contributed by atoms with van der Waals surface area (Å²) >= 11 is 0. The summed E-state index contributed by atoms with van der Waals surface area (Å²) in [5.41, 5.74) is 2.94. The van der Waals surface area contributed by atoms with Gasteiger partial charge in [-0.3, -0.25) is 14.2 Å². The highest BCUT2D eigenvalue weighted by molar-refractivity contribution is 6.00. The van der Waals surface area contributed by atoms with Crippen LogP contribution in [0.5, 0.6) is 0 Å². The smallest absolute Gasteiger partial charge is 0.253 e. The van der Waals surface area contributed by atoms with E-state index >= 15 is 0 Å². The number of likely N-dealkylation sites (tertiary alicyclic amines) is 1. The second-order valence-electron chi connectivity index (χ2n) is 9.14. The SMILES string of the molecule is CC(C)NCCC(=O)n1ccc2cc(C(=O)N3CCC(Cc4ccccc4)CC3)ccc21. The average molecular weight is 432 g/mol. The molecule has 168 valence electrons. The van der Waals surface area contributed by atoms with Gasteiger partial charge in [-0.15, -0.1) is 0 Å². The molecule has 0 aliphatic carbocycles. The average Bonchev–Trinajstić information content (AvgIpc) is 3.23. The molecule has 0 saturated carbocycles. The summed E-state index contributed by atoms with van der Waals surface area (Å²) in [4.78, 5) is 27.6. The second kappa shape index (κ2) is 10.1. The van der Waals surface area contributed by atoms with E-state index in [1.54, 1.807) is 4.57 Å². The van der Waals surface area contributed by atoms with E-state index in [1.807, 2.05) is 35.4 Å². The molecule has 1 fully saturated rings. The quantitative estimate of drug-likeness (QED) is 0.587. The van der Waals surface area contributed by atoms with E-state index < -0.39 is 0 Å². The Labute approximate surface area is 190 Å². The van der Waals surface area contributed by atoms with Gasteiger partial charge in [-0.25, -0.2) is 0 Å². The number of amides is 1. The van der Waals surface area contributed by atoms with Crippen molar-refractivity contribution >= 4 is 22.7 Å². The van der Waals surface area contributed by atoms with Crippen LogP contribution < -0.4 is 5.32 Å². The maximum Gasteiger partial charge on any atom is 0.253 e. The van der Waals surface area contributed by atoms with Crippen molar-refractivity contribution in [2.75, 3.05) is 19.6 Å². The number of benzene rings is 2. The number of aromatic nitrogens is 1. The Balaban J connectivity index is 1.36. The molecule has 3 aromatic rings. The van der Waals surface area contributed by atoms with E-state index in [9.17, 15) is 9.59 Å². The molecular formula is C27H33N3O2. The fourth-order valence-corrected chi connectivity index (χ4v) is 4.55. The van der Waals surface area contributed by atoms with Crippen LogP contribution in [0.25, 0.3) is 10.9 Å². The Morgan fingerprint density at radius 2 is 1.78 bits per heavy atom. The molecule has 4 rings (SSSR count). The van der Waals surface area contributed by atoms with Crippen molar-refractivity contribution in [1.82, 2.24) is 14.8 Å². The number of piperidine rings is 1. The molecule has 0 unspecified atom stereocenters. The molecule has 0 radical (unpaired) electrons. The zero-order chi connectivity index (χ0) is 22.5. The van der Waals surface area contributed by atoms with Crippen molar-refractivity contribution < 1.29 is 9.59 Å². The zero-order valence-electron chi connectivity index (χ0n) is 19.1. The summed E-state index contributed by atoms with van der Waals surface area (Å²) in [5.74, 6) is 0.784. The monoisotopic (exact) mass is 431 g/mol. The van der Waals surface area contributed by atoms with Crippen LogP contribution in [-0.4, -0.2) is 47.0 Å². The van der Waals surface area contributed by atoms with Crippen LogP contribution >= 0.6 is 0 Å². The number of carbonyl (C=O) groups is 2. The van der Waals surface area contributed by atoms with E-state index in [2.05, 4.69) is 49.5 Å². The molecule has 1 saturated heterocycles. The number of rotatable bonds is 7. The van der Waals surface area contributed by atoms with Crippen molar-refractivity contribution in [2.24, 2.45) is 5.92 Å². The third-order valence-electron chi connectivity index (χ3n) is 6.37. The minimum absolute atomic E-state index is 0.0627. The third kappa shape index (κ3) is 5.28. The van der Waals surface area contributed by atoms with Gasteiger partial charge in [-0.1, -0.05) is 44.2 Å². The van der Waals surface area contributed by atoms with Gasteiger partial charge in [0.1, 0.15) is 0 Å². The van der Waals surface area contributed by atoms with Crippen LogP contribution in [0.15, 0.2) is 60.8 Å². The van der Waals surface area contributed by atoms with E-state index in [4.69, 9.17) is 0 Å². The number of nitrogens with zero attached hydrogens (tertiary/aromatic N) is 2. The molecule has 1 aliphatic heterocycles. The van der Waals surface area contributed by atoms with Crippen LogP contribution in [-0.2, 0) is 6.42 Å². The van der Waals surface area contributed by atoms with Gasteiger partial charge in [0, 0.05) is 49.2 Å². The fraction of sp³-hybridized carbons (Fsp3) is 0.407. The molecule has 0 spiro atoms. The van der Waals surface area contributed by atoms with Gasteiger partial charge in [-0.2, -0.15) is 0 Å². The largest absolute Gasteiger partial charge is 0.339 e. The maximum atomic E-state index is 13.1. The van der Waals surface area contributed by atoms with Crippen LogP contribution in [0.4, 0.5) is 0 Å². The van der Waals surface area contributed by atoms with Crippen molar-refractivity contribution in [1.29, 1.82) is 0 Å². The minimum Gasteiger partial charge on any atom is -0.339 e. The topological polar surface area (TPSA) is 54.3 Å². The lowest BCUT2D eigenvalue weighted by Crippen LogP contribution is -2.38. The van der Waals surface area contributed by atoms with Crippen LogP contribution in [0.2, 0.25) is 0 Å². The Morgan fingerprint density at radius 3 is 2.50 bits per heavy atom. The standard InChI is InChI=1S/C27H33N3O2/c1-20(2)28-14-10-26(31)30-17-13-23-19-24(8-9-25(23)30)27(32)29-15-11-22(12-16-29)18-21-6-4-3-5-7-21/h3-9,13,17,19-20,22,28H,10-12,14-16,18H2,1-2H3. The molecule has 2 aromatic carbocycles. The van der Waals surface area contributed by atoms with Crippen LogP contribution in [0, 0.1) is 5.92 Å². The zero-order valence-corrected chi connectivity index (χ0v) is 19.1. The summed E-state index contributed by atoms with van der Waals surface area (Å²) in [6.07, 6.45) is 5.42. The molecule has 5 heteroatoms. The Kier molecular flexibility index (Phi) is 7.05. The minimum atomic E-state index is 0.0627. The van der Waals surface area contributed by atoms with Crippen molar-refractivity contribution in [3.63, 3.8) is 0 Å². The summed E-state index contributed by atoms with van der Waals surface area (Å²) in [6.45, 7) is 6.40. The summed E-state index contributed by atoms with van der Waals surface area (Å²) in [7, 11) is 0. The van der Waals surface area contributed by atoms with E-state index in [-0.39, 0.29) is 11.8 Å². The number of hydrogen-bond donors (Lipinski definition) is 1. The van der Waals surface area contributed by atoms with Gasteiger partial charge in [0.25, 0.3) is 5.91 Å². The summed E-state index contributed by atoms with van der Waals surface area (Å²) < 4.78 is 1.70. The van der Waals surface area contributed by atoms with Gasteiger partial charge in [0.05, 0.1) is 5.52 Å². The van der Waals surface area contributed by atoms with Crippen LogP contribution in [0.1, 0.15) is 53.8 Å². The highest BCUT2D eigenvalue weighted by Gasteiger charge is 2.24. The molecule has 0 atom stereocenters. The fourth-order valence-electron chi connectivity index (χ4n) is 4.55. The van der Waals surface area contributed by atoms with Gasteiger partial charge < -0.3 is 10.2 Å². The van der Waals surface area contributed by atoms with Gasteiger partial charge >= 0.3 is 0 Å². The van der Waals surface area contributed by atoms with Gasteiger partial charge in [0.15, 0.2) is 0 Å². The highest BCUT2D eigenvalue weighted by atomic mass is 16.2. The molecule has 1 amide bonds. The number of hydrogen-bond acceptors (Lipinski definition) is 3. The van der Waals surface area contributed by atoms with E-state index in [0.717, 1.165) is 43.3 Å².